The summed E-state index contributed by atoms with van der Waals surface area (Å²) < 4.78 is 1.64. The lowest BCUT2D eigenvalue weighted by Gasteiger charge is -2.02. The maximum atomic E-state index is 12.1. The number of hydrogen-bond acceptors (Lipinski definition) is 3. The van der Waals surface area contributed by atoms with Gasteiger partial charge in [0.2, 0.25) is 5.95 Å². The molecule has 0 unspecified atom stereocenters. The van der Waals surface area contributed by atoms with Crippen molar-refractivity contribution in [3.8, 4) is 0 Å². The van der Waals surface area contributed by atoms with Crippen molar-refractivity contribution in [3.63, 3.8) is 0 Å². The number of anilines is 1. The van der Waals surface area contributed by atoms with Crippen LogP contribution >= 0.6 is 23.2 Å². The number of benzene rings is 2. The van der Waals surface area contributed by atoms with Crippen LogP contribution in [0.5, 0.6) is 0 Å². The van der Waals surface area contributed by atoms with Gasteiger partial charge in [0.1, 0.15) is 6.33 Å². The molecule has 0 fully saturated rings. The summed E-state index contributed by atoms with van der Waals surface area (Å²) in [6, 6.07) is 14.1. The minimum atomic E-state index is -0.286. The van der Waals surface area contributed by atoms with Gasteiger partial charge < -0.3 is 0 Å². The highest BCUT2D eigenvalue weighted by molar-refractivity contribution is 6.30. The zero-order valence-corrected chi connectivity index (χ0v) is 13.4. The van der Waals surface area contributed by atoms with E-state index >= 15 is 0 Å². The van der Waals surface area contributed by atoms with Crippen LogP contribution in [-0.2, 0) is 6.54 Å². The number of nitrogens with zero attached hydrogens (tertiary/aromatic N) is 3. The molecule has 2 aromatic carbocycles. The first kappa shape index (κ1) is 15.5. The Bertz CT molecular complexity index is 813. The molecule has 0 aliphatic heterocycles. The quantitative estimate of drug-likeness (QED) is 0.779. The molecule has 0 atom stereocenters. The molecule has 0 aliphatic carbocycles. The van der Waals surface area contributed by atoms with E-state index in [2.05, 4.69) is 15.4 Å². The number of carbonyl (C=O) groups excluding carboxylic acids is 1. The van der Waals surface area contributed by atoms with Gasteiger partial charge in [0, 0.05) is 15.6 Å². The van der Waals surface area contributed by atoms with Gasteiger partial charge in [0.25, 0.3) is 5.91 Å². The van der Waals surface area contributed by atoms with Crippen molar-refractivity contribution in [2.45, 2.75) is 6.54 Å². The third kappa shape index (κ3) is 4.09. The summed E-state index contributed by atoms with van der Waals surface area (Å²) in [5.41, 5.74) is 1.53. The molecule has 1 amide bonds. The summed E-state index contributed by atoms with van der Waals surface area (Å²) in [5.74, 6) is -0.0372. The molecule has 0 spiro atoms. The second-order valence-electron chi connectivity index (χ2n) is 4.85. The highest BCUT2D eigenvalue weighted by Gasteiger charge is 2.09. The van der Waals surface area contributed by atoms with Crippen LogP contribution in [0, 0.1) is 0 Å². The van der Waals surface area contributed by atoms with Crippen molar-refractivity contribution < 1.29 is 4.79 Å². The van der Waals surface area contributed by atoms with Gasteiger partial charge in [-0.15, -0.1) is 5.10 Å². The molecule has 1 aromatic heterocycles. The Hall–Kier alpha value is -2.37. The predicted octanol–water partition coefficient (Wildman–Crippen LogP) is 3.89. The van der Waals surface area contributed by atoms with Crippen LogP contribution in [0.2, 0.25) is 10.0 Å². The average Bonchev–Trinajstić information content (AvgIpc) is 2.97. The molecule has 0 saturated carbocycles. The number of aromatic nitrogens is 3. The monoisotopic (exact) mass is 346 g/mol. The Kier molecular flexibility index (Phi) is 4.60. The highest BCUT2D eigenvalue weighted by Crippen LogP contribution is 2.12. The number of amides is 1. The second-order valence-corrected chi connectivity index (χ2v) is 5.73. The summed E-state index contributed by atoms with van der Waals surface area (Å²) in [7, 11) is 0. The molecule has 3 aromatic rings. The third-order valence-electron chi connectivity index (χ3n) is 3.13. The molecule has 0 saturated heterocycles. The van der Waals surface area contributed by atoms with Crippen LogP contribution in [0.15, 0.2) is 54.9 Å². The van der Waals surface area contributed by atoms with Gasteiger partial charge in [0.05, 0.1) is 6.54 Å². The van der Waals surface area contributed by atoms with Gasteiger partial charge in [-0.1, -0.05) is 35.3 Å². The van der Waals surface area contributed by atoms with Gasteiger partial charge in [-0.3, -0.25) is 10.1 Å². The molecule has 7 heteroatoms. The number of rotatable bonds is 4. The topological polar surface area (TPSA) is 59.8 Å². The summed E-state index contributed by atoms with van der Waals surface area (Å²) in [6.07, 6.45) is 1.56. The fourth-order valence-electron chi connectivity index (χ4n) is 1.98. The third-order valence-corrected chi connectivity index (χ3v) is 3.63. The lowest BCUT2D eigenvalue weighted by Crippen LogP contribution is -2.13. The van der Waals surface area contributed by atoms with E-state index in [1.165, 1.54) is 0 Å². The number of nitrogens with one attached hydrogen (secondary N) is 1. The van der Waals surface area contributed by atoms with Crippen LogP contribution in [0.4, 0.5) is 5.95 Å². The minimum absolute atomic E-state index is 0.249. The van der Waals surface area contributed by atoms with Crippen LogP contribution in [0.25, 0.3) is 0 Å². The fourth-order valence-corrected chi connectivity index (χ4v) is 2.23. The zero-order chi connectivity index (χ0) is 16.2. The van der Waals surface area contributed by atoms with Gasteiger partial charge >= 0.3 is 0 Å². The Morgan fingerprint density at radius 2 is 1.61 bits per heavy atom. The molecule has 116 valence electrons. The first-order chi connectivity index (χ1) is 11.1. The van der Waals surface area contributed by atoms with Gasteiger partial charge in [-0.2, -0.15) is 0 Å². The summed E-state index contributed by atoms with van der Waals surface area (Å²) in [6.45, 7) is 0.543. The van der Waals surface area contributed by atoms with E-state index in [1.807, 2.05) is 24.3 Å². The maximum absolute atomic E-state index is 12.1. The molecule has 0 bridgehead atoms. The Balaban J connectivity index is 1.66. The largest absolute Gasteiger partial charge is 0.289 e. The second kappa shape index (κ2) is 6.81. The lowest BCUT2D eigenvalue weighted by atomic mass is 10.2. The molecule has 1 N–H and O–H groups in total. The lowest BCUT2D eigenvalue weighted by molar-refractivity contribution is 0.102. The van der Waals surface area contributed by atoms with E-state index in [4.69, 9.17) is 23.2 Å². The van der Waals surface area contributed by atoms with Crippen molar-refractivity contribution in [2.75, 3.05) is 5.32 Å². The number of halogens is 2. The average molecular weight is 347 g/mol. The summed E-state index contributed by atoms with van der Waals surface area (Å²) in [4.78, 5) is 16.2. The van der Waals surface area contributed by atoms with Crippen LogP contribution in [-0.4, -0.2) is 20.7 Å². The van der Waals surface area contributed by atoms with Gasteiger partial charge in [0.15, 0.2) is 0 Å². The van der Waals surface area contributed by atoms with E-state index in [1.54, 1.807) is 35.3 Å². The molecule has 5 nitrogen and oxygen atoms in total. The van der Waals surface area contributed by atoms with E-state index in [9.17, 15) is 4.79 Å². The first-order valence-corrected chi connectivity index (χ1v) is 7.56. The minimum Gasteiger partial charge on any atom is -0.289 e. The van der Waals surface area contributed by atoms with E-state index < -0.39 is 0 Å². The smallest absolute Gasteiger partial charge is 0.258 e. The first-order valence-electron chi connectivity index (χ1n) is 6.81. The number of hydrogen-bond donors (Lipinski definition) is 1. The van der Waals surface area contributed by atoms with Crippen molar-refractivity contribution >= 4 is 35.1 Å². The number of carbonyl (C=O) groups is 1. The van der Waals surface area contributed by atoms with Crippen molar-refractivity contribution in [2.24, 2.45) is 0 Å². The van der Waals surface area contributed by atoms with Crippen LogP contribution in [0.1, 0.15) is 15.9 Å². The zero-order valence-electron chi connectivity index (χ0n) is 11.9. The Morgan fingerprint density at radius 1 is 1.00 bits per heavy atom. The van der Waals surface area contributed by atoms with E-state index in [0.717, 1.165) is 5.56 Å². The summed E-state index contributed by atoms with van der Waals surface area (Å²) >= 11 is 11.7. The summed E-state index contributed by atoms with van der Waals surface area (Å²) in [5, 5.41) is 8.13. The molecule has 3 rings (SSSR count). The highest BCUT2D eigenvalue weighted by atomic mass is 35.5. The Morgan fingerprint density at radius 3 is 2.26 bits per heavy atom. The predicted molar refractivity (Wildman–Crippen MR) is 90.0 cm³/mol. The van der Waals surface area contributed by atoms with Crippen molar-refractivity contribution in [3.05, 3.63) is 76.0 Å². The van der Waals surface area contributed by atoms with Gasteiger partial charge in [-0.25, -0.2) is 9.67 Å². The van der Waals surface area contributed by atoms with Crippen molar-refractivity contribution in [1.82, 2.24) is 14.8 Å². The molecular formula is C16H12Cl2N4O. The van der Waals surface area contributed by atoms with Crippen molar-refractivity contribution in [1.29, 1.82) is 0 Å². The molecule has 1 heterocycles. The SMILES string of the molecule is O=C(Nc1ncn(Cc2ccc(Cl)cc2)n1)c1ccc(Cl)cc1. The van der Waals surface area contributed by atoms with Crippen LogP contribution in [0.3, 0.4) is 0 Å². The van der Waals surface area contributed by atoms with Gasteiger partial charge in [-0.05, 0) is 42.0 Å². The van der Waals surface area contributed by atoms with Crippen LogP contribution < -0.4 is 5.32 Å². The molecule has 0 aliphatic rings. The normalized spacial score (nSPS) is 10.5. The molecular weight excluding hydrogens is 335 g/mol. The van der Waals surface area contributed by atoms with E-state index in [-0.39, 0.29) is 11.9 Å². The van der Waals surface area contributed by atoms with E-state index in [0.29, 0.717) is 22.2 Å². The molecule has 23 heavy (non-hydrogen) atoms. The Labute approximate surface area is 142 Å². The standard InChI is InChI=1S/C16H12Cl2N4O/c17-13-5-1-11(2-6-13)9-22-10-19-16(21-22)20-15(23)12-3-7-14(18)8-4-12/h1-8,10H,9H2,(H,20,21,23). The maximum Gasteiger partial charge on any atom is 0.258 e. The fraction of sp³-hybridized carbons (Fsp3) is 0.0625. The molecule has 0 radical (unpaired) electrons.